The fraction of sp³-hybridized carbons (Fsp3) is 0.0435. The minimum Gasteiger partial charge on any atom is -0.306 e. The lowest BCUT2D eigenvalue weighted by Gasteiger charge is -2.06. The van der Waals surface area contributed by atoms with Gasteiger partial charge >= 0.3 is 0 Å². The quantitative estimate of drug-likeness (QED) is 0.462. The van der Waals surface area contributed by atoms with Crippen molar-refractivity contribution in [1.29, 1.82) is 0 Å². The summed E-state index contributed by atoms with van der Waals surface area (Å²) in [7, 11) is 0. The molecule has 0 aliphatic carbocycles. The third kappa shape index (κ3) is 3.82. The lowest BCUT2D eigenvalue weighted by molar-refractivity contribution is -0.111. The summed E-state index contributed by atoms with van der Waals surface area (Å²) in [6.45, 7) is 2.01. The largest absolute Gasteiger partial charge is 0.306 e. The van der Waals surface area contributed by atoms with Crippen molar-refractivity contribution in [3.63, 3.8) is 0 Å². The van der Waals surface area contributed by atoms with Gasteiger partial charge in [0.25, 0.3) is 0 Å². The van der Waals surface area contributed by atoms with Gasteiger partial charge in [0.1, 0.15) is 17.2 Å². The Morgan fingerprint density at radius 2 is 1.89 bits per heavy atom. The molecule has 0 saturated carbocycles. The van der Waals surface area contributed by atoms with Gasteiger partial charge in [-0.15, -0.1) is 0 Å². The average molecular weight is 388 g/mol. The smallest absolute Gasteiger partial charge is 0.249 e. The Morgan fingerprint density at radius 3 is 2.68 bits per heavy atom. The van der Waals surface area contributed by atoms with Crippen molar-refractivity contribution >= 4 is 35.0 Å². The number of benzene rings is 2. The summed E-state index contributed by atoms with van der Waals surface area (Å²) in [4.78, 5) is 17.3. The van der Waals surface area contributed by atoms with Crippen LogP contribution in [-0.2, 0) is 4.79 Å². The molecule has 0 spiro atoms. The summed E-state index contributed by atoms with van der Waals surface area (Å²) < 4.78 is 1.87. The van der Waals surface area contributed by atoms with E-state index in [4.69, 9.17) is 16.6 Å². The molecular weight excluding hydrogens is 370 g/mol. The Labute approximate surface area is 168 Å². The van der Waals surface area contributed by atoms with Crippen molar-refractivity contribution < 1.29 is 4.79 Å². The minimum atomic E-state index is -0.227. The molecular formula is C23H18ClN3O. The molecule has 4 nitrogen and oxygen atoms in total. The van der Waals surface area contributed by atoms with Crippen LogP contribution in [0.1, 0.15) is 11.1 Å². The Kier molecular flexibility index (Phi) is 4.96. The number of anilines is 1. The Balaban J connectivity index is 1.73. The van der Waals surface area contributed by atoms with Crippen LogP contribution in [0.4, 0.5) is 5.82 Å². The summed E-state index contributed by atoms with van der Waals surface area (Å²) in [6, 6.07) is 21.1. The van der Waals surface area contributed by atoms with E-state index in [1.54, 1.807) is 6.08 Å². The number of carbonyl (C=O) groups excluding carboxylic acids is 1. The first-order valence-electron chi connectivity index (χ1n) is 8.89. The predicted molar refractivity (Wildman–Crippen MR) is 114 cm³/mol. The van der Waals surface area contributed by atoms with Crippen molar-refractivity contribution in [1.82, 2.24) is 9.38 Å². The first-order valence-corrected chi connectivity index (χ1v) is 9.27. The van der Waals surface area contributed by atoms with Gasteiger partial charge < -0.3 is 5.32 Å². The van der Waals surface area contributed by atoms with Gasteiger partial charge in [-0.3, -0.25) is 9.20 Å². The van der Waals surface area contributed by atoms with E-state index >= 15 is 0 Å². The molecule has 0 aliphatic rings. The normalized spacial score (nSPS) is 11.2. The molecule has 1 amide bonds. The third-order valence-electron chi connectivity index (χ3n) is 4.35. The van der Waals surface area contributed by atoms with Crippen LogP contribution in [0, 0.1) is 6.92 Å². The van der Waals surface area contributed by atoms with Gasteiger partial charge in [0.15, 0.2) is 0 Å². The molecule has 28 heavy (non-hydrogen) atoms. The van der Waals surface area contributed by atoms with E-state index in [0.29, 0.717) is 16.5 Å². The summed E-state index contributed by atoms with van der Waals surface area (Å²) in [5.74, 6) is 0.384. The molecule has 1 N–H and O–H groups in total. The monoisotopic (exact) mass is 387 g/mol. The highest BCUT2D eigenvalue weighted by Crippen LogP contribution is 2.30. The lowest BCUT2D eigenvalue weighted by Crippen LogP contribution is -2.10. The second-order valence-corrected chi connectivity index (χ2v) is 6.92. The third-order valence-corrected chi connectivity index (χ3v) is 4.58. The second kappa shape index (κ2) is 7.71. The summed E-state index contributed by atoms with van der Waals surface area (Å²) in [5, 5.41) is 3.59. The number of aryl methyl sites for hydroxylation is 1. The van der Waals surface area contributed by atoms with E-state index < -0.39 is 0 Å². The van der Waals surface area contributed by atoms with E-state index in [2.05, 4.69) is 5.32 Å². The minimum absolute atomic E-state index is 0.227. The Morgan fingerprint density at radius 1 is 1.07 bits per heavy atom. The van der Waals surface area contributed by atoms with Crippen LogP contribution in [-0.4, -0.2) is 15.3 Å². The van der Waals surface area contributed by atoms with E-state index in [9.17, 15) is 4.79 Å². The molecule has 4 rings (SSSR count). The number of nitrogens with one attached hydrogen (secondary N) is 1. The maximum Gasteiger partial charge on any atom is 0.249 e. The second-order valence-electron chi connectivity index (χ2n) is 6.48. The van der Waals surface area contributed by atoms with Gasteiger partial charge in [0.2, 0.25) is 5.91 Å². The van der Waals surface area contributed by atoms with E-state index in [1.807, 2.05) is 84.3 Å². The van der Waals surface area contributed by atoms with Crippen molar-refractivity contribution in [2.45, 2.75) is 6.92 Å². The number of hydrogen-bond acceptors (Lipinski definition) is 2. The number of rotatable bonds is 4. The van der Waals surface area contributed by atoms with Crippen LogP contribution in [0.25, 0.3) is 23.0 Å². The predicted octanol–water partition coefficient (Wildman–Crippen LogP) is 5.62. The average Bonchev–Trinajstić information content (AvgIpc) is 3.04. The number of nitrogens with zero attached hydrogens (tertiary/aromatic N) is 2. The Hall–Kier alpha value is -3.37. The molecule has 5 heteroatoms. The van der Waals surface area contributed by atoms with E-state index in [0.717, 1.165) is 22.3 Å². The molecule has 0 radical (unpaired) electrons. The van der Waals surface area contributed by atoms with Gasteiger partial charge in [-0.25, -0.2) is 4.98 Å². The highest BCUT2D eigenvalue weighted by molar-refractivity contribution is 6.30. The molecule has 138 valence electrons. The number of halogens is 1. The van der Waals surface area contributed by atoms with Crippen molar-refractivity contribution in [2.24, 2.45) is 0 Å². The van der Waals surface area contributed by atoms with Gasteiger partial charge in [0, 0.05) is 22.9 Å². The molecule has 0 saturated heterocycles. The van der Waals surface area contributed by atoms with Crippen LogP contribution in [0.2, 0.25) is 5.02 Å². The van der Waals surface area contributed by atoms with Gasteiger partial charge in [-0.2, -0.15) is 0 Å². The molecule has 0 fully saturated rings. The molecule has 4 aromatic rings. The number of aromatic nitrogens is 2. The number of imidazole rings is 1. The molecule has 0 unspecified atom stereocenters. The number of amides is 1. The first-order chi connectivity index (χ1) is 13.6. The summed E-state index contributed by atoms with van der Waals surface area (Å²) in [6.07, 6.45) is 5.20. The van der Waals surface area contributed by atoms with Crippen LogP contribution < -0.4 is 5.32 Å². The molecule has 0 atom stereocenters. The first kappa shape index (κ1) is 18.0. The SMILES string of the molecule is Cc1ccn2c(NC(=O)/C=C/c3ccccc3)c(-c3cccc(Cl)c3)nc2c1. The zero-order valence-electron chi connectivity index (χ0n) is 15.3. The zero-order chi connectivity index (χ0) is 19.5. The van der Waals surface area contributed by atoms with Crippen LogP contribution >= 0.6 is 11.6 Å². The van der Waals surface area contributed by atoms with E-state index in [-0.39, 0.29) is 5.91 Å². The zero-order valence-corrected chi connectivity index (χ0v) is 16.0. The van der Waals surface area contributed by atoms with Crippen LogP contribution in [0.5, 0.6) is 0 Å². The van der Waals surface area contributed by atoms with Gasteiger partial charge in [-0.05, 0) is 48.4 Å². The molecule has 2 heterocycles. The standard InChI is InChI=1S/C23H18ClN3O/c1-16-12-13-27-20(14-16)25-22(18-8-5-9-19(24)15-18)23(27)26-21(28)11-10-17-6-3-2-4-7-17/h2-15H,1H3,(H,26,28)/b11-10+. The topological polar surface area (TPSA) is 46.4 Å². The highest BCUT2D eigenvalue weighted by atomic mass is 35.5. The van der Waals surface area contributed by atoms with Gasteiger partial charge in [-0.1, -0.05) is 54.1 Å². The van der Waals surface area contributed by atoms with Crippen molar-refractivity contribution in [3.05, 3.63) is 95.2 Å². The van der Waals surface area contributed by atoms with Crippen molar-refractivity contribution in [3.8, 4) is 11.3 Å². The summed E-state index contributed by atoms with van der Waals surface area (Å²) in [5.41, 5.74) is 4.33. The molecule has 2 aromatic heterocycles. The van der Waals surface area contributed by atoms with Crippen LogP contribution in [0.15, 0.2) is 79.0 Å². The summed E-state index contributed by atoms with van der Waals surface area (Å²) >= 11 is 6.16. The maximum absolute atomic E-state index is 12.6. The van der Waals surface area contributed by atoms with Gasteiger partial charge in [0.05, 0.1) is 0 Å². The number of pyridine rings is 1. The number of hydrogen-bond donors (Lipinski definition) is 1. The number of carbonyl (C=O) groups is 1. The Bertz CT molecular complexity index is 1180. The fourth-order valence-electron chi connectivity index (χ4n) is 3.00. The van der Waals surface area contributed by atoms with Crippen LogP contribution in [0.3, 0.4) is 0 Å². The highest BCUT2D eigenvalue weighted by Gasteiger charge is 2.16. The lowest BCUT2D eigenvalue weighted by atomic mass is 10.1. The molecule has 2 aromatic carbocycles. The molecule has 0 aliphatic heterocycles. The van der Waals surface area contributed by atoms with E-state index in [1.165, 1.54) is 6.08 Å². The maximum atomic E-state index is 12.6. The van der Waals surface area contributed by atoms with Crippen molar-refractivity contribution in [2.75, 3.05) is 5.32 Å². The number of fused-ring (bicyclic) bond motifs is 1. The fourth-order valence-corrected chi connectivity index (χ4v) is 3.19. The molecule has 0 bridgehead atoms.